The van der Waals surface area contributed by atoms with Gasteiger partial charge in [-0.15, -0.1) is 0 Å². The molecule has 2 aromatic rings. The molecule has 0 aliphatic heterocycles. The van der Waals surface area contributed by atoms with E-state index in [2.05, 4.69) is 0 Å². The molecular weight excluding hydrogens is 268 g/mol. The monoisotopic (exact) mass is 280 g/mol. The fourth-order valence-electron chi connectivity index (χ4n) is 1.78. The standard InChI is InChI=1S/C14H13ClO4/c1-2-18-13(16)6-3-9-7-10-8-11(15)4-5-12(10)19-14(9)17/h4-5,7-8H,2-3,6H2,1H3. The Bertz CT molecular complexity index is 660. The SMILES string of the molecule is CCOC(=O)CCc1cc2cc(Cl)ccc2oc1=O. The minimum atomic E-state index is -0.431. The summed E-state index contributed by atoms with van der Waals surface area (Å²) in [5.74, 6) is -0.326. The highest BCUT2D eigenvalue weighted by molar-refractivity contribution is 6.31. The van der Waals surface area contributed by atoms with Gasteiger partial charge < -0.3 is 9.15 Å². The second-order valence-electron chi connectivity index (χ2n) is 4.05. The average molecular weight is 281 g/mol. The first-order valence-corrected chi connectivity index (χ1v) is 6.36. The molecule has 1 heterocycles. The van der Waals surface area contributed by atoms with Crippen LogP contribution >= 0.6 is 11.6 Å². The lowest BCUT2D eigenvalue weighted by molar-refractivity contribution is -0.143. The molecular formula is C14H13ClO4. The molecule has 0 fully saturated rings. The van der Waals surface area contributed by atoms with Crippen molar-refractivity contribution >= 4 is 28.5 Å². The van der Waals surface area contributed by atoms with Gasteiger partial charge >= 0.3 is 11.6 Å². The zero-order valence-electron chi connectivity index (χ0n) is 10.4. The molecule has 0 radical (unpaired) electrons. The number of benzene rings is 1. The van der Waals surface area contributed by atoms with Crippen LogP contribution in [-0.4, -0.2) is 12.6 Å². The second-order valence-corrected chi connectivity index (χ2v) is 4.48. The summed E-state index contributed by atoms with van der Waals surface area (Å²) >= 11 is 5.89. The Hall–Kier alpha value is -1.81. The van der Waals surface area contributed by atoms with E-state index in [1.165, 1.54) is 0 Å². The van der Waals surface area contributed by atoms with Gasteiger partial charge in [-0.25, -0.2) is 4.79 Å². The van der Waals surface area contributed by atoms with E-state index in [1.54, 1.807) is 31.2 Å². The zero-order chi connectivity index (χ0) is 13.8. The van der Waals surface area contributed by atoms with Crippen molar-refractivity contribution in [3.05, 3.63) is 45.3 Å². The predicted octanol–water partition coefficient (Wildman–Crippen LogP) is 2.94. The molecule has 5 heteroatoms. The molecule has 0 N–H and O–H groups in total. The normalized spacial score (nSPS) is 10.6. The van der Waals surface area contributed by atoms with Crippen LogP contribution in [0.15, 0.2) is 33.5 Å². The number of ether oxygens (including phenoxy) is 1. The predicted molar refractivity (Wildman–Crippen MR) is 72.4 cm³/mol. The Morgan fingerprint density at radius 2 is 2.16 bits per heavy atom. The third-order valence-corrected chi connectivity index (χ3v) is 2.91. The first kappa shape index (κ1) is 13.6. The van der Waals surface area contributed by atoms with E-state index < -0.39 is 5.63 Å². The minimum absolute atomic E-state index is 0.157. The molecule has 1 aromatic carbocycles. The summed E-state index contributed by atoms with van der Waals surface area (Å²) in [5.41, 5.74) is 0.497. The van der Waals surface area contributed by atoms with Crippen molar-refractivity contribution < 1.29 is 13.9 Å². The third kappa shape index (κ3) is 3.35. The van der Waals surface area contributed by atoms with Gasteiger partial charge in [0.2, 0.25) is 0 Å². The number of carbonyl (C=O) groups excluding carboxylic acids is 1. The molecule has 0 aliphatic carbocycles. The molecule has 0 saturated carbocycles. The van der Waals surface area contributed by atoms with Crippen molar-refractivity contribution in [2.75, 3.05) is 6.61 Å². The fourth-order valence-corrected chi connectivity index (χ4v) is 1.96. The van der Waals surface area contributed by atoms with E-state index in [0.29, 0.717) is 29.2 Å². The highest BCUT2D eigenvalue weighted by atomic mass is 35.5. The average Bonchev–Trinajstić information content (AvgIpc) is 2.37. The summed E-state index contributed by atoms with van der Waals surface area (Å²) in [6.45, 7) is 2.07. The van der Waals surface area contributed by atoms with Crippen LogP contribution in [0, 0.1) is 0 Å². The first-order chi connectivity index (χ1) is 9.10. The van der Waals surface area contributed by atoms with Crippen LogP contribution in [-0.2, 0) is 16.0 Å². The van der Waals surface area contributed by atoms with E-state index in [4.69, 9.17) is 20.8 Å². The molecule has 0 unspecified atom stereocenters. The molecule has 1 aromatic heterocycles. The topological polar surface area (TPSA) is 56.5 Å². The smallest absolute Gasteiger partial charge is 0.339 e. The molecule has 0 saturated heterocycles. The Morgan fingerprint density at radius 1 is 1.37 bits per heavy atom. The number of carbonyl (C=O) groups is 1. The Morgan fingerprint density at radius 3 is 2.89 bits per heavy atom. The summed E-state index contributed by atoms with van der Waals surface area (Å²) < 4.78 is 9.99. The van der Waals surface area contributed by atoms with Crippen LogP contribution in [0.5, 0.6) is 0 Å². The Balaban J connectivity index is 2.25. The Kier molecular flexibility index (Phi) is 4.22. The summed E-state index contributed by atoms with van der Waals surface area (Å²) in [7, 11) is 0. The molecule has 0 bridgehead atoms. The highest BCUT2D eigenvalue weighted by Crippen LogP contribution is 2.19. The van der Waals surface area contributed by atoms with Crippen molar-refractivity contribution in [1.29, 1.82) is 0 Å². The number of hydrogen-bond donors (Lipinski definition) is 0. The number of hydrogen-bond acceptors (Lipinski definition) is 4. The van der Waals surface area contributed by atoms with Crippen molar-refractivity contribution in [3.8, 4) is 0 Å². The van der Waals surface area contributed by atoms with E-state index >= 15 is 0 Å². The summed E-state index contributed by atoms with van der Waals surface area (Å²) in [6.07, 6.45) is 0.453. The van der Waals surface area contributed by atoms with E-state index in [9.17, 15) is 9.59 Å². The Labute approximate surface area is 114 Å². The van der Waals surface area contributed by atoms with E-state index in [-0.39, 0.29) is 12.4 Å². The first-order valence-electron chi connectivity index (χ1n) is 5.98. The lowest BCUT2D eigenvalue weighted by Crippen LogP contribution is -2.11. The van der Waals surface area contributed by atoms with Gasteiger partial charge in [-0.05, 0) is 37.6 Å². The molecule has 4 nitrogen and oxygen atoms in total. The van der Waals surface area contributed by atoms with Crippen LogP contribution < -0.4 is 5.63 Å². The third-order valence-electron chi connectivity index (χ3n) is 2.67. The highest BCUT2D eigenvalue weighted by Gasteiger charge is 2.09. The van der Waals surface area contributed by atoms with Crippen LogP contribution in [0.4, 0.5) is 0 Å². The van der Waals surface area contributed by atoms with Gasteiger partial charge in [-0.1, -0.05) is 11.6 Å². The minimum Gasteiger partial charge on any atom is -0.466 e. The zero-order valence-corrected chi connectivity index (χ0v) is 11.2. The number of rotatable bonds is 4. The summed E-state index contributed by atoms with van der Waals surface area (Å²) in [5, 5.41) is 1.31. The molecule has 0 spiro atoms. The summed E-state index contributed by atoms with van der Waals surface area (Å²) in [6, 6.07) is 6.72. The van der Waals surface area contributed by atoms with Gasteiger partial charge in [0.1, 0.15) is 5.58 Å². The lowest BCUT2D eigenvalue weighted by atomic mass is 10.1. The van der Waals surface area contributed by atoms with Gasteiger partial charge in [0, 0.05) is 22.4 Å². The molecule has 100 valence electrons. The van der Waals surface area contributed by atoms with Crippen molar-refractivity contribution in [1.82, 2.24) is 0 Å². The van der Waals surface area contributed by atoms with E-state index in [1.807, 2.05) is 0 Å². The van der Waals surface area contributed by atoms with Crippen LogP contribution in [0.1, 0.15) is 18.9 Å². The number of halogens is 1. The number of fused-ring (bicyclic) bond motifs is 1. The van der Waals surface area contributed by atoms with Crippen molar-refractivity contribution in [2.24, 2.45) is 0 Å². The van der Waals surface area contributed by atoms with Crippen molar-refractivity contribution in [3.63, 3.8) is 0 Å². The number of aryl methyl sites for hydroxylation is 1. The van der Waals surface area contributed by atoms with Crippen LogP contribution in [0.3, 0.4) is 0 Å². The largest absolute Gasteiger partial charge is 0.466 e. The maximum Gasteiger partial charge on any atom is 0.339 e. The quantitative estimate of drug-likeness (QED) is 0.638. The maximum absolute atomic E-state index is 11.7. The molecule has 0 atom stereocenters. The fraction of sp³-hybridized carbons (Fsp3) is 0.286. The summed E-state index contributed by atoms with van der Waals surface area (Å²) in [4.78, 5) is 23.0. The lowest BCUT2D eigenvalue weighted by Gasteiger charge is -2.03. The molecule has 0 aliphatic rings. The number of esters is 1. The van der Waals surface area contributed by atoms with Gasteiger partial charge in [-0.3, -0.25) is 4.79 Å². The van der Waals surface area contributed by atoms with Gasteiger partial charge in [0.15, 0.2) is 0 Å². The molecule has 0 amide bonds. The molecule has 2 rings (SSSR count). The van der Waals surface area contributed by atoms with E-state index in [0.717, 1.165) is 5.39 Å². The maximum atomic E-state index is 11.7. The second kappa shape index (κ2) is 5.89. The van der Waals surface area contributed by atoms with Crippen molar-refractivity contribution in [2.45, 2.75) is 19.8 Å². The van der Waals surface area contributed by atoms with Crippen LogP contribution in [0.2, 0.25) is 5.02 Å². The van der Waals surface area contributed by atoms with Gasteiger partial charge in [-0.2, -0.15) is 0 Å². The van der Waals surface area contributed by atoms with Gasteiger partial charge in [0.05, 0.1) is 6.61 Å². The van der Waals surface area contributed by atoms with Gasteiger partial charge in [0.25, 0.3) is 0 Å². The molecule has 19 heavy (non-hydrogen) atoms. The van der Waals surface area contributed by atoms with Crippen LogP contribution in [0.25, 0.3) is 11.0 Å².